The van der Waals surface area contributed by atoms with Gasteiger partial charge < -0.3 is 10.2 Å². The van der Waals surface area contributed by atoms with Gasteiger partial charge in [0.1, 0.15) is 12.1 Å². The number of hydrogen-bond acceptors (Lipinski definition) is 3. The van der Waals surface area contributed by atoms with E-state index in [9.17, 15) is 9.59 Å². The van der Waals surface area contributed by atoms with Gasteiger partial charge >= 0.3 is 0 Å². The summed E-state index contributed by atoms with van der Waals surface area (Å²) >= 11 is 0. The molecule has 2 amide bonds. The molecule has 1 N–H and O–H groups in total. The molecule has 2 unspecified atom stereocenters. The Kier molecular flexibility index (Phi) is 4.94. The predicted octanol–water partition coefficient (Wildman–Crippen LogP) is 1.80. The lowest BCUT2D eigenvalue weighted by molar-refractivity contribution is -0.150. The Morgan fingerprint density at radius 1 is 1.29 bits per heavy atom. The van der Waals surface area contributed by atoms with Crippen molar-refractivity contribution in [2.75, 3.05) is 0 Å². The summed E-state index contributed by atoms with van der Waals surface area (Å²) < 4.78 is 0. The number of aryl methyl sites for hydroxylation is 1. The van der Waals surface area contributed by atoms with E-state index < -0.39 is 6.04 Å². The maximum absolute atomic E-state index is 12.6. The Labute approximate surface area is 125 Å². The Bertz CT molecular complexity index is 530. The molecule has 114 valence electrons. The van der Waals surface area contributed by atoms with Crippen molar-refractivity contribution in [3.8, 4) is 0 Å². The molecule has 1 aliphatic rings. The van der Waals surface area contributed by atoms with Crippen molar-refractivity contribution in [2.45, 2.75) is 58.7 Å². The highest BCUT2D eigenvalue weighted by atomic mass is 16.2. The van der Waals surface area contributed by atoms with Crippen LogP contribution in [0.4, 0.5) is 0 Å². The number of carbonyl (C=O) groups is 2. The predicted molar refractivity (Wildman–Crippen MR) is 80.4 cm³/mol. The van der Waals surface area contributed by atoms with Crippen LogP contribution in [0.15, 0.2) is 18.5 Å². The molecular formula is C16H23N3O2. The van der Waals surface area contributed by atoms with Crippen molar-refractivity contribution in [3.05, 3.63) is 29.6 Å². The van der Waals surface area contributed by atoms with Gasteiger partial charge in [0, 0.05) is 18.9 Å². The zero-order valence-corrected chi connectivity index (χ0v) is 12.9. The molecule has 1 aromatic rings. The van der Waals surface area contributed by atoms with Crippen LogP contribution in [-0.2, 0) is 16.1 Å². The SMILES string of the molecule is CCCC1C(=O)NC(CC)C(=O)N1Cc1cncc(C)c1. The van der Waals surface area contributed by atoms with Gasteiger partial charge in [-0.05, 0) is 30.9 Å². The second kappa shape index (κ2) is 6.70. The number of aromatic nitrogens is 1. The van der Waals surface area contributed by atoms with Gasteiger partial charge in [-0.15, -0.1) is 0 Å². The largest absolute Gasteiger partial charge is 0.343 e. The van der Waals surface area contributed by atoms with Crippen molar-refractivity contribution >= 4 is 11.8 Å². The monoisotopic (exact) mass is 289 g/mol. The Morgan fingerprint density at radius 3 is 2.67 bits per heavy atom. The van der Waals surface area contributed by atoms with E-state index in [1.165, 1.54) is 0 Å². The topological polar surface area (TPSA) is 62.3 Å². The lowest BCUT2D eigenvalue weighted by Gasteiger charge is -2.38. The minimum atomic E-state index is -0.400. The van der Waals surface area contributed by atoms with Crippen LogP contribution in [0.2, 0.25) is 0 Å². The highest BCUT2D eigenvalue weighted by Crippen LogP contribution is 2.19. The second-order valence-electron chi connectivity index (χ2n) is 5.61. The minimum Gasteiger partial charge on any atom is -0.343 e. The van der Waals surface area contributed by atoms with E-state index in [1.54, 1.807) is 17.3 Å². The number of hydrogen-bond donors (Lipinski definition) is 1. The van der Waals surface area contributed by atoms with Crippen molar-refractivity contribution in [3.63, 3.8) is 0 Å². The van der Waals surface area contributed by atoms with Crippen molar-refractivity contribution in [1.82, 2.24) is 15.2 Å². The van der Waals surface area contributed by atoms with E-state index in [-0.39, 0.29) is 17.9 Å². The first-order valence-corrected chi connectivity index (χ1v) is 7.58. The summed E-state index contributed by atoms with van der Waals surface area (Å²) in [6, 6.07) is 1.24. The fourth-order valence-corrected chi connectivity index (χ4v) is 2.75. The van der Waals surface area contributed by atoms with Crippen LogP contribution in [0.5, 0.6) is 0 Å². The maximum atomic E-state index is 12.6. The standard InChI is InChI=1S/C16H23N3O2/c1-4-6-14-15(20)18-13(5-2)16(21)19(14)10-12-7-11(3)8-17-9-12/h7-9,13-14H,4-6,10H2,1-3H3,(H,18,20). The molecule has 1 saturated heterocycles. The Morgan fingerprint density at radius 2 is 2.05 bits per heavy atom. The first-order valence-electron chi connectivity index (χ1n) is 7.58. The Hall–Kier alpha value is -1.91. The summed E-state index contributed by atoms with van der Waals surface area (Å²) in [6.07, 6.45) is 5.72. The van der Waals surface area contributed by atoms with Gasteiger partial charge in [0.2, 0.25) is 11.8 Å². The molecule has 5 heteroatoms. The first-order chi connectivity index (χ1) is 10.1. The third-order valence-corrected chi connectivity index (χ3v) is 3.83. The first kappa shape index (κ1) is 15.5. The molecule has 0 spiro atoms. The van der Waals surface area contributed by atoms with Gasteiger partial charge in [0.05, 0.1) is 0 Å². The zero-order valence-electron chi connectivity index (χ0n) is 12.9. The zero-order chi connectivity index (χ0) is 15.4. The van der Waals surface area contributed by atoms with E-state index in [1.807, 2.05) is 26.8 Å². The summed E-state index contributed by atoms with van der Waals surface area (Å²) in [5, 5.41) is 2.83. The van der Waals surface area contributed by atoms with Crippen LogP contribution in [-0.4, -0.2) is 33.8 Å². The molecule has 1 aromatic heterocycles. The fraction of sp³-hybridized carbons (Fsp3) is 0.562. The van der Waals surface area contributed by atoms with E-state index in [0.717, 1.165) is 17.5 Å². The Balaban J connectivity index is 2.25. The number of rotatable bonds is 5. The van der Waals surface area contributed by atoms with Crippen LogP contribution < -0.4 is 5.32 Å². The number of nitrogens with one attached hydrogen (secondary N) is 1. The summed E-state index contributed by atoms with van der Waals surface area (Å²) in [5.41, 5.74) is 2.02. The maximum Gasteiger partial charge on any atom is 0.246 e. The van der Waals surface area contributed by atoms with Gasteiger partial charge in [-0.2, -0.15) is 0 Å². The van der Waals surface area contributed by atoms with Crippen LogP contribution in [0.3, 0.4) is 0 Å². The van der Waals surface area contributed by atoms with Gasteiger partial charge in [0.15, 0.2) is 0 Å². The fourth-order valence-electron chi connectivity index (χ4n) is 2.75. The number of piperazine rings is 1. The van der Waals surface area contributed by atoms with E-state index >= 15 is 0 Å². The summed E-state index contributed by atoms with van der Waals surface area (Å²) in [6.45, 7) is 6.35. The molecule has 21 heavy (non-hydrogen) atoms. The van der Waals surface area contributed by atoms with Crippen LogP contribution in [0.25, 0.3) is 0 Å². The molecule has 2 heterocycles. The lowest BCUT2D eigenvalue weighted by atomic mass is 10.0. The summed E-state index contributed by atoms with van der Waals surface area (Å²) in [5.74, 6) is -0.0269. The highest BCUT2D eigenvalue weighted by Gasteiger charge is 2.38. The van der Waals surface area contributed by atoms with Gasteiger partial charge in [-0.25, -0.2) is 0 Å². The van der Waals surface area contributed by atoms with E-state index in [4.69, 9.17) is 0 Å². The van der Waals surface area contributed by atoms with Crippen LogP contribution in [0.1, 0.15) is 44.2 Å². The molecule has 1 fully saturated rings. The van der Waals surface area contributed by atoms with Crippen molar-refractivity contribution < 1.29 is 9.59 Å². The lowest BCUT2D eigenvalue weighted by Crippen LogP contribution is -2.62. The summed E-state index contributed by atoms with van der Waals surface area (Å²) in [7, 11) is 0. The van der Waals surface area contributed by atoms with Gasteiger partial charge in [-0.1, -0.05) is 26.3 Å². The van der Waals surface area contributed by atoms with E-state index in [0.29, 0.717) is 19.4 Å². The van der Waals surface area contributed by atoms with Crippen LogP contribution in [0, 0.1) is 6.92 Å². The van der Waals surface area contributed by atoms with Gasteiger partial charge in [-0.3, -0.25) is 14.6 Å². The summed E-state index contributed by atoms with van der Waals surface area (Å²) in [4.78, 5) is 30.7. The number of nitrogens with zero attached hydrogens (tertiary/aromatic N) is 2. The molecule has 2 rings (SSSR count). The third-order valence-electron chi connectivity index (χ3n) is 3.83. The average Bonchev–Trinajstić information content (AvgIpc) is 2.46. The molecule has 0 bridgehead atoms. The quantitative estimate of drug-likeness (QED) is 0.899. The molecule has 0 radical (unpaired) electrons. The molecule has 2 atom stereocenters. The van der Waals surface area contributed by atoms with E-state index in [2.05, 4.69) is 10.3 Å². The van der Waals surface area contributed by atoms with Crippen molar-refractivity contribution in [2.24, 2.45) is 0 Å². The van der Waals surface area contributed by atoms with Gasteiger partial charge in [0.25, 0.3) is 0 Å². The average molecular weight is 289 g/mol. The molecule has 0 aliphatic carbocycles. The number of carbonyl (C=O) groups excluding carboxylic acids is 2. The normalized spacial score (nSPS) is 22.3. The second-order valence-corrected chi connectivity index (χ2v) is 5.61. The molecular weight excluding hydrogens is 266 g/mol. The molecule has 0 saturated carbocycles. The molecule has 0 aromatic carbocycles. The third kappa shape index (κ3) is 3.40. The number of amides is 2. The number of pyridine rings is 1. The minimum absolute atomic E-state index is 0.0112. The smallest absolute Gasteiger partial charge is 0.246 e. The molecule has 1 aliphatic heterocycles. The highest BCUT2D eigenvalue weighted by molar-refractivity contribution is 5.96. The van der Waals surface area contributed by atoms with Crippen molar-refractivity contribution in [1.29, 1.82) is 0 Å². The van der Waals surface area contributed by atoms with Crippen LogP contribution >= 0.6 is 0 Å². The molecule has 5 nitrogen and oxygen atoms in total.